The summed E-state index contributed by atoms with van der Waals surface area (Å²) in [6.07, 6.45) is 5.56. The molecular weight excluding hydrogens is 358 g/mol. The van der Waals surface area contributed by atoms with Gasteiger partial charge in [-0.3, -0.25) is 9.36 Å². The van der Waals surface area contributed by atoms with Crippen LogP contribution in [0.25, 0.3) is 5.69 Å². The average molecular weight is 372 g/mol. The molecule has 1 unspecified atom stereocenters. The maximum Gasteiger partial charge on any atom is 0.300 e. The van der Waals surface area contributed by atoms with Gasteiger partial charge < -0.3 is 10.2 Å². The van der Waals surface area contributed by atoms with Gasteiger partial charge in [-0.1, -0.05) is 11.6 Å². The van der Waals surface area contributed by atoms with Gasteiger partial charge in [0.05, 0.1) is 5.69 Å². The number of carboxylic acid groups (broad SMARTS) is 1. The predicted octanol–water partition coefficient (Wildman–Crippen LogP) is 2.25. The van der Waals surface area contributed by atoms with Crippen LogP contribution in [0.4, 0.5) is 0 Å². The first-order valence-electron chi connectivity index (χ1n) is 7.53. The van der Waals surface area contributed by atoms with Crippen LogP contribution < -0.4 is 0 Å². The van der Waals surface area contributed by atoms with Crippen LogP contribution >= 0.6 is 11.6 Å². The lowest BCUT2D eigenvalue weighted by molar-refractivity contribution is -0.134. The van der Waals surface area contributed by atoms with Gasteiger partial charge in [0, 0.05) is 42.3 Å². The van der Waals surface area contributed by atoms with Crippen molar-refractivity contribution in [2.24, 2.45) is 4.99 Å². The van der Waals surface area contributed by atoms with Crippen molar-refractivity contribution in [2.75, 3.05) is 0 Å². The number of carbonyl (C=O) groups is 1. The minimum Gasteiger partial charge on any atom is -0.481 e. The number of halogens is 1. The van der Waals surface area contributed by atoms with Gasteiger partial charge in [0.25, 0.3) is 5.97 Å². The molecule has 0 saturated heterocycles. The predicted molar refractivity (Wildman–Crippen MR) is 94.5 cm³/mol. The number of aliphatic hydroxyl groups is 1. The molecule has 3 heterocycles. The summed E-state index contributed by atoms with van der Waals surface area (Å²) in [4.78, 5) is 26.0. The van der Waals surface area contributed by atoms with E-state index in [4.69, 9.17) is 21.5 Å². The summed E-state index contributed by atoms with van der Waals surface area (Å²) in [5.74, 6) is 0.0327. The number of fused-ring (bicyclic) bond motifs is 3. The van der Waals surface area contributed by atoms with Gasteiger partial charge in [-0.15, -0.1) is 0 Å². The largest absolute Gasteiger partial charge is 0.481 e. The summed E-state index contributed by atoms with van der Waals surface area (Å²) >= 11 is 6.14. The average Bonchev–Trinajstić information content (AvgIpc) is 3.05. The Hall–Kier alpha value is -3.10. The smallest absolute Gasteiger partial charge is 0.300 e. The Balaban J connectivity index is 0.000000447. The number of hydrogen-bond acceptors (Lipinski definition) is 6. The van der Waals surface area contributed by atoms with Crippen molar-refractivity contribution in [1.29, 1.82) is 0 Å². The summed E-state index contributed by atoms with van der Waals surface area (Å²) < 4.78 is 1.79. The maximum absolute atomic E-state index is 10.3. The highest BCUT2D eigenvalue weighted by atomic mass is 35.5. The van der Waals surface area contributed by atoms with Gasteiger partial charge in [0.2, 0.25) is 6.23 Å². The van der Waals surface area contributed by atoms with E-state index in [1.807, 2.05) is 6.07 Å². The topological polar surface area (TPSA) is 113 Å². The maximum atomic E-state index is 10.3. The van der Waals surface area contributed by atoms with E-state index in [1.165, 1.54) is 0 Å². The van der Waals surface area contributed by atoms with Crippen LogP contribution in [0.5, 0.6) is 0 Å². The van der Waals surface area contributed by atoms with Crippen molar-refractivity contribution in [3.05, 3.63) is 71.3 Å². The lowest BCUT2D eigenvalue weighted by Gasteiger charge is -2.10. The second-order valence-corrected chi connectivity index (χ2v) is 5.70. The molecule has 0 aliphatic carbocycles. The van der Waals surface area contributed by atoms with Crippen molar-refractivity contribution in [3.63, 3.8) is 0 Å². The molecule has 3 aromatic rings. The molecule has 1 aromatic carbocycles. The number of imidazole rings is 1. The van der Waals surface area contributed by atoms with Gasteiger partial charge in [-0.05, 0) is 24.3 Å². The molecule has 1 aliphatic heterocycles. The second-order valence-electron chi connectivity index (χ2n) is 5.26. The first kappa shape index (κ1) is 17.7. The Bertz CT molecular complexity index is 968. The minimum absolute atomic E-state index is 0.427. The third-order valence-corrected chi connectivity index (χ3v) is 3.64. The van der Waals surface area contributed by atoms with Gasteiger partial charge in [0.1, 0.15) is 5.71 Å². The third-order valence-electron chi connectivity index (χ3n) is 3.40. The highest BCUT2D eigenvalue weighted by Crippen LogP contribution is 2.29. The Morgan fingerprint density at radius 2 is 1.88 bits per heavy atom. The van der Waals surface area contributed by atoms with Crippen molar-refractivity contribution in [2.45, 2.75) is 13.2 Å². The first-order valence-corrected chi connectivity index (χ1v) is 7.91. The van der Waals surface area contributed by atoms with E-state index in [9.17, 15) is 5.11 Å². The fourth-order valence-electron chi connectivity index (χ4n) is 2.47. The molecule has 4 rings (SSSR count). The summed E-state index contributed by atoms with van der Waals surface area (Å²) in [7, 11) is 0. The van der Waals surface area contributed by atoms with Crippen molar-refractivity contribution in [1.82, 2.24) is 19.5 Å². The number of nitrogens with zero attached hydrogens (tertiary/aromatic N) is 5. The van der Waals surface area contributed by atoms with E-state index in [1.54, 1.807) is 47.6 Å². The van der Waals surface area contributed by atoms with Crippen LogP contribution in [-0.2, 0) is 4.79 Å². The molecule has 0 amide bonds. The lowest BCUT2D eigenvalue weighted by Crippen LogP contribution is -2.10. The lowest BCUT2D eigenvalue weighted by atomic mass is 10.1. The number of aromatic nitrogens is 4. The number of rotatable bonds is 1. The molecule has 0 fully saturated rings. The van der Waals surface area contributed by atoms with Gasteiger partial charge in [-0.2, -0.15) is 0 Å². The first-order chi connectivity index (χ1) is 12.5. The third kappa shape index (κ3) is 3.61. The summed E-state index contributed by atoms with van der Waals surface area (Å²) in [5.41, 5.74) is 2.05. The molecule has 0 bridgehead atoms. The van der Waals surface area contributed by atoms with Crippen LogP contribution in [0.15, 0.2) is 54.0 Å². The molecule has 0 spiro atoms. The number of hydrogen-bond donors (Lipinski definition) is 2. The van der Waals surface area contributed by atoms with Gasteiger partial charge in [-0.25, -0.2) is 19.9 Å². The van der Waals surface area contributed by atoms with Crippen molar-refractivity contribution in [3.8, 4) is 5.69 Å². The van der Waals surface area contributed by atoms with E-state index in [2.05, 4.69) is 19.9 Å². The van der Waals surface area contributed by atoms with Crippen LogP contribution in [-0.4, -0.2) is 41.4 Å². The number of carboxylic acids is 1. The Morgan fingerprint density at radius 1 is 1.19 bits per heavy atom. The molecule has 2 aromatic heterocycles. The van der Waals surface area contributed by atoms with Gasteiger partial charge >= 0.3 is 0 Å². The van der Waals surface area contributed by atoms with E-state index >= 15 is 0 Å². The van der Waals surface area contributed by atoms with Crippen molar-refractivity contribution < 1.29 is 15.0 Å². The molecule has 1 atom stereocenters. The molecule has 9 heteroatoms. The monoisotopic (exact) mass is 371 g/mol. The van der Waals surface area contributed by atoms with E-state index in [0.29, 0.717) is 22.4 Å². The number of aliphatic hydroxyl groups excluding tert-OH is 1. The minimum atomic E-state index is -1.10. The SMILES string of the molecule is CC(=O)O.OC1N=C(c2ncccn2)c2cc(Cl)ccc2-n2ccnc21. The zero-order valence-corrected chi connectivity index (χ0v) is 14.4. The van der Waals surface area contributed by atoms with Crippen LogP contribution in [0.3, 0.4) is 0 Å². The standard InChI is InChI=1S/C15H10ClN5O.C2H4O2/c16-9-2-3-11-10(8-9)12(13-17-4-1-5-18-13)20-15(22)14-19-6-7-21(11)14;1-2(3)4/h1-8,15,22H;1H3,(H,3,4). The van der Waals surface area contributed by atoms with Crippen LogP contribution in [0.1, 0.15) is 30.4 Å². The fraction of sp³-hybridized carbons (Fsp3) is 0.118. The second kappa shape index (κ2) is 7.42. The van der Waals surface area contributed by atoms with Gasteiger partial charge in [0.15, 0.2) is 11.6 Å². The molecular formula is C17H14ClN5O3. The molecule has 0 radical (unpaired) electrons. The van der Waals surface area contributed by atoms with E-state index in [0.717, 1.165) is 18.2 Å². The van der Waals surface area contributed by atoms with Crippen molar-refractivity contribution >= 4 is 23.3 Å². The molecule has 1 aliphatic rings. The number of benzene rings is 1. The molecule has 26 heavy (non-hydrogen) atoms. The quantitative estimate of drug-likeness (QED) is 0.678. The van der Waals surface area contributed by atoms with E-state index < -0.39 is 12.2 Å². The highest BCUT2D eigenvalue weighted by Gasteiger charge is 2.25. The fourth-order valence-corrected chi connectivity index (χ4v) is 2.64. The Labute approximate surface area is 153 Å². The van der Waals surface area contributed by atoms with Crippen LogP contribution in [0.2, 0.25) is 5.02 Å². The molecule has 132 valence electrons. The van der Waals surface area contributed by atoms with E-state index in [-0.39, 0.29) is 0 Å². The normalized spacial score (nSPS) is 14.9. The molecule has 2 N–H and O–H groups in total. The zero-order chi connectivity index (χ0) is 18.7. The molecule has 0 saturated carbocycles. The summed E-state index contributed by atoms with van der Waals surface area (Å²) in [6.45, 7) is 1.08. The zero-order valence-electron chi connectivity index (χ0n) is 13.6. The Morgan fingerprint density at radius 3 is 2.58 bits per heavy atom. The van der Waals surface area contributed by atoms with Crippen LogP contribution in [0, 0.1) is 0 Å². The number of aliphatic imine (C=N–C) groups is 1. The Kier molecular flexibility index (Phi) is 5.06. The summed E-state index contributed by atoms with van der Waals surface area (Å²) in [6, 6.07) is 7.15. The summed E-state index contributed by atoms with van der Waals surface area (Å²) in [5, 5.41) is 18.3. The number of aliphatic carboxylic acids is 1. The highest BCUT2D eigenvalue weighted by molar-refractivity contribution is 6.31. The molecule has 8 nitrogen and oxygen atoms in total.